The molecule has 0 aliphatic rings. The number of para-hydroxylation sites is 1. The molecule has 0 radical (unpaired) electrons. The number of aryl methyl sites for hydroxylation is 2. The van der Waals surface area contributed by atoms with E-state index in [0.29, 0.717) is 12.4 Å². The van der Waals surface area contributed by atoms with E-state index in [-0.39, 0.29) is 6.03 Å². The quantitative estimate of drug-likeness (QED) is 0.828. The molecule has 0 aliphatic heterocycles. The molecule has 0 bridgehead atoms. The van der Waals surface area contributed by atoms with Gasteiger partial charge in [-0.3, -0.25) is 0 Å². The number of rotatable bonds is 5. The number of aromatic nitrogens is 2. The van der Waals surface area contributed by atoms with Gasteiger partial charge in [0, 0.05) is 16.3 Å². The minimum atomic E-state index is -0.257. The summed E-state index contributed by atoms with van der Waals surface area (Å²) in [7, 11) is 0. The Hall–Kier alpha value is -2.08. The van der Waals surface area contributed by atoms with E-state index in [1.165, 1.54) is 0 Å². The van der Waals surface area contributed by atoms with Gasteiger partial charge < -0.3 is 10.6 Å². The van der Waals surface area contributed by atoms with Crippen molar-refractivity contribution in [3.63, 3.8) is 0 Å². The number of urea groups is 1. The van der Waals surface area contributed by atoms with E-state index in [1.807, 2.05) is 44.2 Å². The summed E-state index contributed by atoms with van der Waals surface area (Å²) in [6.45, 7) is 6.21. The van der Waals surface area contributed by atoms with E-state index in [4.69, 9.17) is 0 Å². The Bertz CT molecular complexity index is 640. The molecule has 0 fully saturated rings. The first-order valence-electron chi connectivity index (χ1n) is 7.16. The fraction of sp³-hybridized carbons (Fsp3) is 0.312. The lowest BCUT2D eigenvalue weighted by atomic mass is 10.3. The van der Waals surface area contributed by atoms with E-state index in [1.54, 1.807) is 11.8 Å². The number of nitrogens with zero attached hydrogens (tertiary/aromatic N) is 2. The van der Waals surface area contributed by atoms with Crippen molar-refractivity contribution in [1.82, 2.24) is 15.3 Å². The fourth-order valence-corrected chi connectivity index (χ4v) is 2.82. The van der Waals surface area contributed by atoms with Crippen LogP contribution in [0, 0.1) is 13.8 Å². The first-order valence-corrected chi connectivity index (χ1v) is 8.15. The van der Waals surface area contributed by atoms with Gasteiger partial charge in [-0.15, -0.1) is 11.8 Å². The molecule has 0 aliphatic carbocycles. The summed E-state index contributed by atoms with van der Waals surface area (Å²) >= 11 is 1.70. The summed E-state index contributed by atoms with van der Waals surface area (Å²) in [5, 5.41) is 5.66. The molecule has 2 amide bonds. The maximum Gasteiger partial charge on any atom is 0.319 e. The number of carbonyl (C=O) groups is 1. The van der Waals surface area contributed by atoms with Crippen LogP contribution in [-0.4, -0.2) is 21.8 Å². The summed E-state index contributed by atoms with van der Waals surface area (Å²) in [5.41, 5.74) is 2.61. The van der Waals surface area contributed by atoms with Crippen molar-refractivity contribution in [3.8, 4) is 0 Å². The van der Waals surface area contributed by atoms with Crippen LogP contribution in [0.5, 0.6) is 0 Å². The second-order valence-corrected chi connectivity index (χ2v) is 6.11. The summed E-state index contributed by atoms with van der Waals surface area (Å²) in [5.74, 6) is 1.57. The average Bonchev–Trinajstić information content (AvgIpc) is 2.46. The van der Waals surface area contributed by atoms with Crippen molar-refractivity contribution in [2.45, 2.75) is 32.2 Å². The predicted molar refractivity (Wildman–Crippen MR) is 90.2 cm³/mol. The van der Waals surface area contributed by atoms with Crippen LogP contribution in [0.1, 0.15) is 24.1 Å². The Balaban J connectivity index is 1.96. The minimum Gasteiger partial charge on any atom is -0.331 e. The number of hydrogen-bond donors (Lipinski definition) is 2. The van der Waals surface area contributed by atoms with Gasteiger partial charge in [-0.1, -0.05) is 19.1 Å². The Morgan fingerprint density at radius 2 is 1.86 bits per heavy atom. The average molecular weight is 316 g/mol. The standard InChI is InChI=1S/C16H20N4OS/c1-4-22-14-8-6-5-7-13(14)20-16(21)17-10-15-18-11(2)9-12(3)19-15/h5-9H,4,10H2,1-3H3,(H2,17,20,21). The Morgan fingerprint density at radius 3 is 2.55 bits per heavy atom. The third-order valence-corrected chi connectivity index (χ3v) is 3.83. The summed E-state index contributed by atoms with van der Waals surface area (Å²) < 4.78 is 0. The maximum atomic E-state index is 12.0. The molecule has 2 N–H and O–H groups in total. The zero-order valence-corrected chi connectivity index (χ0v) is 13.8. The largest absolute Gasteiger partial charge is 0.331 e. The molecule has 0 saturated carbocycles. The summed E-state index contributed by atoms with van der Waals surface area (Å²) in [4.78, 5) is 21.7. The van der Waals surface area contributed by atoms with Crippen LogP contribution >= 0.6 is 11.8 Å². The van der Waals surface area contributed by atoms with E-state index in [2.05, 4.69) is 27.5 Å². The van der Waals surface area contributed by atoms with Gasteiger partial charge in [0.1, 0.15) is 5.82 Å². The molecular formula is C16H20N4OS. The number of hydrogen-bond acceptors (Lipinski definition) is 4. The van der Waals surface area contributed by atoms with Crippen LogP contribution in [0.4, 0.5) is 10.5 Å². The van der Waals surface area contributed by atoms with Crippen LogP contribution in [0.3, 0.4) is 0 Å². The smallest absolute Gasteiger partial charge is 0.319 e. The Morgan fingerprint density at radius 1 is 1.18 bits per heavy atom. The number of carbonyl (C=O) groups excluding carboxylic acids is 1. The maximum absolute atomic E-state index is 12.0. The van der Waals surface area contributed by atoms with Gasteiger partial charge in [-0.05, 0) is 37.8 Å². The molecular weight excluding hydrogens is 296 g/mol. The number of benzene rings is 1. The van der Waals surface area contributed by atoms with Crippen molar-refractivity contribution in [2.24, 2.45) is 0 Å². The molecule has 1 aromatic heterocycles. The number of amides is 2. The van der Waals surface area contributed by atoms with Gasteiger partial charge in [0.25, 0.3) is 0 Å². The highest BCUT2D eigenvalue weighted by molar-refractivity contribution is 7.99. The molecule has 6 heteroatoms. The van der Waals surface area contributed by atoms with Gasteiger partial charge in [0.2, 0.25) is 0 Å². The second-order valence-electron chi connectivity index (χ2n) is 4.80. The van der Waals surface area contributed by atoms with Gasteiger partial charge in [0.05, 0.1) is 12.2 Å². The predicted octanol–water partition coefficient (Wildman–Crippen LogP) is 3.53. The topological polar surface area (TPSA) is 66.9 Å². The molecule has 22 heavy (non-hydrogen) atoms. The lowest BCUT2D eigenvalue weighted by Gasteiger charge is -2.11. The third kappa shape index (κ3) is 4.73. The van der Waals surface area contributed by atoms with Crippen LogP contribution in [0.25, 0.3) is 0 Å². The van der Waals surface area contributed by atoms with Crippen molar-refractivity contribution >= 4 is 23.5 Å². The highest BCUT2D eigenvalue weighted by Crippen LogP contribution is 2.26. The normalized spacial score (nSPS) is 10.3. The zero-order valence-electron chi connectivity index (χ0n) is 13.0. The molecule has 0 atom stereocenters. The summed E-state index contributed by atoms with van der Waals surface area (Å²) in [6.07, 6.45) is 0. The Labute approximate surface area is 135 Å². The van der Waals surface area contributed by atoms with E-state index >= 15 is 0 Å². The lowest BCUT2D eigenvalue weighted by molar-refractivity contribution is 0.251. The van der Waals surface area contributed by atoms with Gasteiger partial charge in [-0.2, -0.15) is 0 Å². The molecule has 0 unspecified atom stereocenters. The molecule has 116 valence electrons. The highest BCUT2D eigenvalue weighted by atomic mass is 32.2. The van der Waals surface area contributed by atoms with Gasteiger partial charge in [-0.25, -0.2) is 14.8 Å². The van der Waals surface area contributed by atoms with Crippen molar-refractivity contribution in [2.75, 3.05) is 11.1 Å². The zero-order chi connectivity index (χ0) is 15.9. The highest BCUT2D eigenvalue weighted by Gasteiger charge is 2.07. The molecule has 1 aromatic carbocycles. The van der Waals surface area contributed by atoms with Crippen molar-refractivity contribution < 1.29 is 4.79 Å². The SMILES string of the molecule is CCSc1ccccc1NC(=O)NCc1nc(C)cc(C)n1. The molecule has 2 rings (SSSR count). The van der Waals surface area contributed by atoms with Crippen LogP contribution in [-0.2, 0) is 6.54 Å². The van der Waals surface area contributed by atoms with E-state index in [0.717, 1.165) is 27.7 Å². The van der Waals surface area contributed by atoms with Gasteiger partial charge >= 0.3 is 6.03 Å². The molecule has 0 spiro atoms. The number of anilines is 1. The van der Waals surface area contributed by atoms with Crippen LogP contribution < -0.4 is 10.6 Å². The lowest BCUT2D eigenvalue weighted by Crippen LogP contribution is -2.29. The Kier molecular flexibility index (Phi) is 5.77. The molecule has 1 heterocycles. The first-order chi connectivity index (χ1) is 10.6. The second kappa shape index (κ2) is 7.79. The number of nitrogens with one attached hydrogen (secondary N) is 2. The van der Waals surface area contributed by atoms with Gasteiger partial charge in [0.15, 0.2) is 0 Å². The van der Waals surface area contributed by atoms with Crippen molar-refractivity contribution in [3.05, 3.63) is 47.5 Å². The van der Waals surface area contributed by atoms with Crippen molar-refractivity contribution in [1.29, 1.82) is 0 Å². The monoisotopic (exact) mass is 316 g/mol. The van der Waals surface area contributed by atoms with E-state index < -0.39 is 0 Å². The number of thioether (sulfide) groups is 1. The first kappa shape index (κ1) is 16.3. The molecule has 5 nitrogen and oxygen atoms in total. The minimum absolute atomic E-state index is 0.257. The summed E-state index contributed by atoms with van der Waals surface area (Å²) in [6, 6.07) is 9.41. The van der Waals surface area contributed by atoms with Crippen LogP contribution in [0.15, 0.2) is 35.2 Å². The molecule has 2 aromatic rings. The molecule has 0 saturated heterocycles. The third-order valence-electron chi connectivity index (χ3n) is 2.87. The fourth-order valence-electron chi connectivity index (χ4n) is 2.06. The van der Waals surface area contributed by atoms with E-state index in [9.17, 15) is 4.79 Å². The van der Waals surface area contributed by atoms with Crippen LogP contribution in [0.2, 0.25) is 0 Å².